The van der Waals surface area contributed by atoms with Gasteiger partial charge in [-0.25, -0.2) is 0 Å². The normalized spacial score (nSPS) is 10.8. The maximum atomic E-state index is 5.94. The molecule has 106 valence electrons. The maximum absolute atomic E-state index is 5.94. The zero-order chi connectivity index (χ0) is 14.5. The topological polar surface area (TPSA) is 9.23 Å². The fraction of sp³-hybridized carbons (Fsp3) is 0.333. The molecule has 0 spiro atoms. The van der Waals surface area contributed by atoms with Crippen LogP contribution in [0.1, 0.15) is 42.0 Å². The highest BCUT2D eigenvalue weighted by molar-refractivity contribution is 6.17. The molecule has 0 N–H and O–H groups in total. The van der Waals surface area contributed by atoms with Crippen LogP contribution in [-0.4, -0.2) is 0 Å². The second kappa shape index (κ2) is 6.81. The van der Waals surface area contributed by atoms with Crippen LogP contribution in [0, 0.1) is 6.92 Å². The minimum atomic E-state index is 0.519. The SMILES string of the molecule is Cc1cc(OCc2ccccc2CCl)ccc1C(C)C. The van der Waals surface area contributed by atoms with Gasteiger partial charge in [-0.3, -0.25) is 0 Å². The summed E-state index contributed by atoms with van der Waals surface area (Å²) in [5, 5.41) is 0. The largest absolute Gasteiger partial charge is 0.489 e. The van der Waals surface area contributed by atoms with Crippen molar-refractivity contribution in [2.45, 2.75) is 39.2 Å². The van der Waals surface area contributed by atoms with Crippen molar-refractivity contribution in [2.75, 3.05) is 0 Å². The van der Waals surface area contributed by atoms with Crippen LogP contribution in [0.3, 0.4) is 0 Å². The Bertz CT molecular complexity index is 575. The molecule has 0 heterocycles. The standard InChI is InChI=1S/C18H21ClO/c1-13(2)18-9-8-17(10-14(18)3)20-12-16-7-5-4-6-15(16)11-19/h4-10,13H,11-12H2,1-3H3. The summed E-state index contributed by atoms with van der Waals surface area (Å²) in [7, 11) is 0. The van der Waals surface area contributed by atoms with Gasteiger partial charge in [0.05, 0.1) is 0 Å². The van der Waals surface area contributed by atoms with Crippen LogP contribution in [0.4, 0.5) is 0 Å². The molecule has 0 amide bonds. The Morgan fingerprint density at radius 2 is 1.75 bits per heavy atom. The predicted octanol–water partition coefficient (Wildman–Crippen LogP) is 5.44. The van der Waals surface area contributed by atoms with Gasteiger partial charge in [-0.05, 0) is 47.2 Å². The summed E-state index contributed by atoms with van der Waals surface area (Å²) in [4.78, 5) is 0. The van der Waals surface area contributed by atoms with Gasteiger partial charge in [-0.15, -0.1) is 11.6 Å². The molecule has 0 saturated heterocycles. The lowest BCUT2D eigenvalue weighted by Crippen LogP contribution is -2.00. The van der Waals surface area contributed by atoms with Crippen LogP contribution in [0.15, 0.2) is 42.5 Å². The van der Waals surface area contributed by atoms with Crippen LogP contribution in [-0.2, 0) is 12.5 Å². The summed E-state index contributed by atoms with van der Waals surface area (Å²) in [6.07, 6.45) is 0. The summed E-state index contributed by atoms with van der Waals surface area (Å²) in [5.41, 5.74) is 4.93. The first-order valence-corrected chi connectivity index (χ1v) is 7.51. The van der Waals surface area contributed by atoms with E-state index in [1.54, 1.807) is 0 Å². The Labute approximate surface area is 126 Å². The molecule has 0 aliphatic heterocycles. The molecule has 1 nitrogen and oxygen atoms in total. The average molecular weight is 289 g/mol. The number of alkyl halides is 1. The molecule has 2 aromatic carbocycles. The average Bonchev–Trinajstić information content (AvgIpc) is 2.45. The molecule has 0 bridgehead atoms. The van der Waals surface area contributed by atoms with E-state index >= 15 is 0 Å². The van der Waals surface area contributed by atoms with Gasteiger partial charge in [0.25, 0.3) is 0 Å². The molecule has 2 rings (SSSR count). The highest BCUT2D eigenvalue weighted by Crippen LogP contribution is 2.24. The number of halogens is 1. The molecular weight excluding hydrogens is 268 g/mol. The monoisotopic (exact) mass is 288 g/mol. The number of aryl methyl sites for hydroxylation is 1. The van der Waals surface area contributed by atoms with E-state index in [0.29, 0.717) is 18.4 Å². The second-order valence-electron chi connectivity index (χ2n) is 5.36. The number of benzene rings is 2. The van der Waals surface area contributed by atoms with Crippen molar-refractivity contribution in [1.82, 2.24) is 0 Å². The van der Waals surface area contributed by atoms with Crippen LogP contribution in [0.25, 0.3) is 0 Å². The van der Waals surface area contributed by atoms with E-state index in [1.807, 2.05) is 24.3 Å². The summed E-state index contributed by atoms with van der Waals surface area (Å²) >= 11 is 5.94. The molecule has 2 heteroatoms. The van der Waals surface area contributed by atoms with Crippen molar-refractivity contribution < 1.29 is 4.74 Å². The zero-order valence-corrected chi connectivity index (χ0v) is 13.1. The van der Waals surface area contributed by atoms with E-state index in [0.717, 1.165) is 16.9 Å². The quantitative estimate of drug-likeness (QED) is 0.666. The van der Waals surface area contributed by atoms with E-state index < -0.39 is 0 Å². The lowest BCUT2D eigenvalue weighted by molar-refractivity contribution is 0.305. The maximum Gasteiger partial charge on any atom is 0.120 e. The Morgan fingerprint density at radius 1 is 1.05 bits per heavy atom. The Morgan fingerprint density at radius 3 is 2.35 bits per heavy atom. The van der Waals surface area contributed by atoms with E-state index in [4.69, 9.17) is 16.3 Å². The van der Waals surface area contributed by atoms with E-state index in [1.165, 1.54) is 11.1 Å². The van der Waals surface area contributed by atoms with Gasteiger partial charge in [0.1, 0.15) is 12.4 Å². The fourth-order valence-electron chi connectivity index (χ4n) is 2.38. The van der Waals surface area contributed by atoms with Gasteiger partial charge in [-0.2, -0.15) is 0 Å². The molecule has 20 heavy (non-hydrogen) atoms. The van der Waals surface area contributed by atoms with Crippen molar-refractivity contribution >= 4 is 11.6 Å². The molecule has 0 radical (unpaired) electrons. The first kappa shape index (κ1) is 14.9. The van der Waals surface area contributed by atoms with Gasteiger partial charge in [0.2, 0.25) is 0 Å². The molecular formula is C18H21ClO. The molecule has 0 aliphatic rings. The molecule has 0 atom stereocenters. The van der Waals surface area contributed by atoms with Crippen molar-refractivity contribution in [3.63, 3.8) is 0 Å². The van der Waals surface area contributed by atoms with Gasteiger partial charge in [0.15, 0.2) is 0 Å². The van der Waals surface area contributed by atoms with E-state index in [9.17, 15) is 0 Å². The van der Waals surface area contributed by atoms with Crippen LogP contribution < -0.4 is 4.74 Å². The highest BCUT2D eigenvalue weighted by atomic mass is 35.5. The van der Waals surface area contributed by atoms with Gasteiger partial charge in [0, 0.05) is 5.88 Å². The zero-order valence-electron chi connectivity index (χ0n) is 12.3. The number of ether oxygens (including phenoxy) is 1. The summed E-state index contributed by atoms with van der Waals surface area (Å²) in [6.45, 7) is 7.11. The molecule has 0 aliphatic carbocycles. The molecule has 0 fully saturated rings. The molecule has 0 unspecified atom stereocenters. The summed E-state index contributed by atoms with van der Waals surface area (Å²) in [5.74, 6) is 1.97. The Balaban J connectivity index is 2.09. The minimum Gasteiger partial charge on any atom is -0.489 e. The molecule has 0 saturated carbocycles. The van der Waals surface area contributed by atoms with E-state index in [2.05, 4.69) is 39.0 Å². The second-order valence-corrected chi connectivity index (χ2v) is 5.63. The summed E-state index contributed by atoms with van der Waals surface area (Å²) in [6, 6.07) is 14.4. The Hall–Kier alpha value is -1.47. The highest BCUT2D eigenvalue weighted by Gasteiger charge is 2.06. The van der Waals surface area contributed by atoms with Gasteiger partial charge in [-0.1, -0.05) is 44.2 Å². The van der Waals surface area contributed by atoms with Crippen LogP contribution in [0.2, 0.25) is 0 Å². The molecule has 2 aromatic rings. The van der Waals surface area contributed by atoms with Crippen molar-refractivity contribution in [3.8, 4) is 5.75 Å². The third-order valence-electron chi connectivity index (χ3n) is 3.52. The third kappa shape index (κ3) is 3.55. The van der Waals surface area contributed by atoms with Crippen molar-refractivity contribution in [1.29, 1.82) is 0 Å². The number of hydrogen-bond acceptors (Lipinski definition) is 1. The smallest absolute Gasteiger partial charge is 0.120 e. The third-order valence-corrected chi connectivity index (χ3v) is 3.81. The first-order valence-electron chi connectivity index (χ1n) is 6.98. The van der Waals surface area contributed by atoms with Crippen molar-refractivity contribution in [2.24, 2.45) is 0 Å². The fourth-order valence-corrected chi connectivity index (χ4v) is 2.64. The number of hydrogen-bond donors (Lipinski definition) is 0. The molecule has 0 aromatic heterocycles. The first-order chi connectivity index (χ1) is 9.61. The van der Waals surface area contributed by atoms with E-state index in [-0.39, 0.29) is 0 Å². The summed E-state index contributed by atoms with van der Waals surface area (Å²) < 4.78 is 5.89. The predicted molar refractivity (Wildman–Crippen MR) is 85.6 cm³/mol. The minimum absolute atomic E-state index is 0.519. The lowest BCUT2D eigenvalue weighted by atomic mass is 9.98. The van der Waals surface area contributed by atoms with Crippen LogP contribution in [0.5, 0.6) is 5.75 Å². The van der Waals surface area contributed by atoms with Crippen molar-refractivity contribution in [3.05, 3.63) is 64.7 Å². The van der Waals surface area contributed by atoms with Crippen LogP contribution >= 0.6 is 11.6 Å². The lowest BCUT2D eigenvalue weighted by Gasteiger charge is -2.13. The Kier molecular flexibility index (Phi) is 5.08. The number of rotatable bonds is 5. The van der Waals surface area contributed by atoms with Gasteiger partial charge >= 0.3 is 0 Å². The van der Waals surface area contributed by atoms with Gasteiger partial charge < -0.3 is 4.74 Å².